The Morgan fingerprint density at radius 1 is 1.33 bits per heavy atom. The van der Waals surface area contributed by atoms with E-state index in [0.717, 1.165) is 0 Å². The number of hydrogen-bond donors (Lipinski definition) is 2. The first-order valence-electron chi connectivity index (χ1n) is 5.18. The van der Waals surface area contributed by atoms with Gasteiger partial charge < -0.3 is 9.47 Å². The SMILES string of the molecule is O=C(NNc1nccs1)c1ccc2c(c1)OCO2. The first-order valence-corrected chi connectivity index (χ1v) is 6.06. The van der Waals surface area contributed by atoms with Crippen LogP contribution >= 0.6 is 11.3 Å². The maximum absolute atomic E-state index is 11.8. The first kappa shape index (κ1) is 10.8. The number of hydrazine groups is 1. The molecule has 1 aromatic carbocycles. The van der Waals surface area contributed by atoms with Crippen LogP contribution in [0.4, 0.5) is 5.13 Å². The molecule has 0 bridgehead atoms. The summed E-state index contributed by atoms with van der Waals surface area (Å²) in [6.45, 7) is 0.192. The van der Waals surface area contributed by atoms with Gasteiger partial charge in [0.1, 0.15) is 0 Å². The molecule has 0 spiro atoms. The minimum atomic E-state index is -0.261. The number of nitrogens with one attached hydrogen (secondary N) is 2. The Kier molecular flexibility index (Phi) is 2.73. The number of hydrogen-bond acceptors (Lipinski definition) is 6. The molecule has 2 heterocycles. The van der Waals surface area contributed by atoms with Crippen molar-refractivity contribution in [2.24, 2.45) is 0 Å². The van der Waals surface area contributed by atoms with Gasteiger partial charge in [-0.3, -0.25) is 15.6 Å². The van der Waals surface area contributed by atoms with Crippen molar-refractivity contribution in [2.45, 2.75) is 0 Å². The largest absolute Gasteiger partial charge is 0.454 e. The maximum Gasteiger partial charge on any atom is 0.269 e. The summed E-state index contributed by atoms with van der Waals surface area (Å²) in [5.41, 5.74) is 5.77. The van der Waals surface area contributed by atoms with Gasteiger partial charge in [0.05, 0.1) is 0 Å². The number of rotatable bonds is 3. The van der Waals surface area contributed by atoms with E-state index in [4.69, 9.17) is 9.47 Å². The molecule has 7 heteroatoms. The molecule has 6 nitrogen and oxygen atoms in total. The van der Waals surface area contributed by atoms with Crippen molar-refractivity contribution >= 4 is 22.4 Å². The molecule has 2 N–H and O–H groups in total. The van der Waals surface area contributed by atoms with Gasteiger partial charge in [0.15, 0.2) is 11.5 Å². The summed E-state index contributed by atoms with van der Waals surface area (Å²) in [5, 5.41) is 2.44. The van der Waals surface area contributed by atoms with Gasteiger partial charge in [-0.1, -0.05) is 0 Å². The van der Waals surface area contributed by atoms with Gasteiger partial charge in [-0.25, -0.2) is 4.98 Å². The van der Waals surface area contributed by atoms with Crippen LogP contribution in [0.3, 0.4) is 0 Å². The highest BCUT2D eigenvalue weighted by Gasteiger charge is 2.16. The molecule has 0 radical (unpaired) electrons. The summed E-state index contributed by atoms with van der Waals surface area (Å²) in [6.07, 6.45) is 1.65. The average molecular weight is 263 g/mol. The van der Waals surface area contributed by atoms with Gasteiger partial charge in [-0.2, -0.15) is 0 Å². The second-order valence-corrected chi connectivity index (χ2v) is 4.38. The summed E-state index contributed by atoms with van der Waals surface area (Å²) in [6, 6.07) is 5.02. The van der Waals surface area contributed by atoms with E-state index in [1.807, 2.05) is 5.38 Å². The van der Waals surface area contributed by atoms with Crippen LogP contribution in [0.15, 0.2) is 29.8 Å². The second-order valence-electron chi connectivity index (χ2n) is 3.48. The van der Waals surface area contributed by atoms with E-state index in [1.54, 1.807) is 24.4 Å². The Morgan fingerprint density at radius 2 is 2.22 bits per heavy atom. The molecule has 0 aliphatic carbocycles. The summed E-state index contributed by atoms with van der Waals surface area (Å²) >= 11 is 1.40. The van der Waals surface area contributed by atoms with Crippen molar-refractivity contribution in [1.82, 2.24) is 10.4 Å². The number of benzene rings is 1. The number of amides is 1. The number of nitrogens with zero attached hydrogens (tertiary/aromatic N) is 1. The van der Waals surface area contributed by atoms with Crippen molar-refractivity contribution in [1.29, 1.82) is 0 Å². The molecule has 1 amide bonds. The fraction of sp³-hybridized carbons (Fsp3) is 0.0909. The van der Waals surface area contributed by atoms with Crippen LogP contribution in [0.25, 0.3) is 0 Å². The first-order chi connectivity index (χ1) is 8.83. The summed E-state index contributed by atoms with van der Waals surface area (Å²) < 4.78 is 10.4. The second kappa shape index (κ2) is 4.53. The summed E-state index contributed by atoms with van der Waals surface area (Å²) in [5.74, 6) is 0.972. The van der Waals surface area contributed by atoms with Crippen LogP contribution < -0.4 is 20.3 Å². The summed E-state index contributed by atoms with van der Waals surface area (Å²) in [4.78, 5) is 15.8. The van der Waals surface area contributed by atoms with Crippen LogP contribution in [0.1, 0.15) is 10.4 Å². The van der Waals surface area contributed by atoms with Gasteiger partial charge in [0.25, 0.3) is 5.91 Å². The Labute approximate surface area is 107 Å². The van der Waals surface area contributed by atoms with E-state index in [0.29, 0.717) is 22.2 Å². The number of ether oxygens (including phenoxy) is 2. The molecule has 0 saturated carbocycles. The molecule has 0 saturated heterocycles. The van der Waals surface area contributed by atoms with Crippen LogP contribution in [-0.2, 0) is 0 Å². The highest BCUT2D eigenvalue weighted by atomic mass is 32.1. The standard InChI is InChI=1S/C11H9N3O3S/c15-10(13-14-11-12-3-4-18-11)7-1-2-8-9(5-7)17-6-16-8/h1-5H,6H2,(H,12,14)(H,13,15). The van der Waals surface area contributed by atoms with E-state index in [1.165, 1.54) is 11.3 Å². The topological polar surface area (TPSA) is 72.5 Å². The monoisotopic (exact) mass is 263 g/mol. The van der Waals surface area contributed by atoms with Gasteiger partial charge in [0.2, 0.25) is 11.9 Å². The quantitative estimate of drug-likeness (QED) is 0.823. The normalized spacial score (nSPS) is 12.2. The molecule has 18 heavy (non-hydrogen) atoms. The molecular weight excluding hydrogens is 254 g/mol. The predicted molar refractivity (Wildman–Crippen MR) is 65.8 cm³/mol. The molecule has 0 atom stereocenters. The molecule has 3 rings (SSSR count). The smallest absolute Gasteiger partial charge is 0.269 e. The van der Waals surface area contributed by atoms with Crippen LogP contribution in [0.2, 0.25) is 0 Å². The molecule has 1 aromatic heterocycles. The van der Waals surface area contributed by atoms with Gasteiger partial charge in [-0.15, -0.1) is 11.3 Å². The average Bonchev–Trinajstić information content (AvgIpc) is 3.05. The van der Waals surface area contributed by atoms with Crippen molar-refractivity contribution in [2.75, 3.05) is 12.2 Å². The number of aromatic nitrogens is 1. The molecular formula is C11H9N3O3S. The third-order valence-corrected chi connectivity index (χ3v) is 3.04. The van der Waals surface area contributed by atoms with Gasteiger partial charge in [0, 0.05) is 17.1 Å². The van der Waals surface area contributed by atoms with Gasteiger partial charge >= 0.3 is 0 Å². The fourth-order valence-corrected chi connectivity index (χ4v) is 1.99. The van der Waals surface area contributed by atoms with Crippen molar-refractivity contribution in [3.05, 3.63) is 35.3 Å². The number of carbonyl (C=O) groups excluding carboxylic acids is 1. The molecule has 1 aliphatic rings. The Bertz CT molecular complexity index is 571. The molecule has 0 unspecified atom stereocenters. The lowest BCUT2D eigenvalue weighted by atomic mass is 10.2. The number of thiazole rings is 1. The zero-order valence-electron chi connectivity index (χ0n) is 9.17. The van der Waals surface area contributed by atoms with Crippen LogP contribution in [0.5, 0.6) is 11.5 Å². The van der Waals surface area contributed by atoms with E-state index in [-0.39, 0.29) is 12.7 Å². The van der Waals surface area contributed by atoms with E-state index in [9.17, 15) is 4.79 Å². The minimum Gasteiger partial charge on any atom is -0.454 e. The van der Waals surface area contributed by atoms with E-state index in [2.05, 4.69) is 15.8 Å². The highest BCUT2D eigenvalue weighted by Crippen LogP contribution is 2.32. The maximum atomic E-state index is 11.8. The third-order valence-electron chi connectivity index (χ3n) is 2.35. The summed E-state index contributed by atoms with van der Waals surface area (Å²) in [7, 11) is 0. The zero-order chi connectivity index (χ0) is 12.4. The zero-order valence-corrected chi connectivity index (χ0v) is 9.99. The van der Waals surface area contributed by atoms with Crippen LogP contribution in [0, 0.1) is 0 Å². The number of carbonyl (C=O) groups is 1. The molecule has 92 valence electrons. The minimum absolute atomic E-state index is 0.192. The van der Waals surface area contributed by atoms with Crippen molar-refractivity contribution in [3.63, 3.8) is 0 Å². The van der Waals surface area contributed by atoms with E-state index < -0.39 is 0 Å². The Balaban J connectivity index is 1.69. The fourth-order valence-electron chi connectivity index (χ4n) is 1.51. The lowest BCUT2D eigenvalue weighted by Crippen LogP contribution is -2.29. The number of fused-ring (bicyclic) bond motifs is 1. The van der Waals surface area contributed by atoms with Crippen molar-refractivity contribution in [3.8, 4) is 11.5 Å². The molecule has 0 fully saturated rings. The highest BCUT2D eigenvalue weighted by molar-refractivity contribution is 7.13. The van der Waals surface area contributed by atoms with Gasteiger partial charge in [-0.05, 0) is 18.2 Å². The molecule has 1 aliphatic heterocycles. The Hall–Kier alpha value is -2.28. The van der Waals surface area contributed by atoms with E-state index >= 15 is 0 Å². The lowest BCUT2D eigenvalue weighted by molar-refractivity contribution is 0.0962. The van der Waals surface area contributed by atoms with Crippen molar-refractivity contribution < 1.29 is 14.3 Å². The number of anilines is 1. The van der Waals surface area contributed by atoms with Crippen LogP contribution in [-0.4, -0.2) is 17.7 Å². The molecule has 2 aromatic rings. The third kappa shape index (κ3) is 2.07. The Morgan fingerprint density at radius 3 is 3.06 bits per heavy atom. The predicted octanol–water partition coefficient (Wildman–Crippen LogP) is 1.63. The lowest BCUT2D eigenvalue weighted by Gasteiger charge is -2.06.